The molecule has 134 valence electrons. The first-order chi connectivity index (χ1) is 13.9. The number of nitrogens with zero attached hydrogens (tertiary/aromatic N) is 4. The van der Waals surface area contributed by atoms with Crippen LogP contribution in [-0.4, -0.2) is 76.8 Å². The van der Waals surface area contributed by atoms with E-state index in [0.29, 0.717) is 23.2 Å². The molecule has 29 heavy (non-hydrogen) atoms. The number of aromatic nitrogens is 3. The minimum atomic E-state index is -0.133. The van der Waals surface area contributed by atoms with Crippen molar-refractivity contribution in [3.05, 3.63) is 24.4 Å². The average Bonchev–Trinajstić information content (AvgIpc) is 3.19. The van der Waals surface area contributed by atoms with Gasteiger partial charge >= 0.3 is 0 Å². The van der Waals surface area contributed by atoms with Crippen molar-refractivity contribution < 1.29 is 4.79 Å². The van der Waals surface area contributed by atoms with Crippen molar-refractivity contribution in [2.24, 2.45) is 0 Å². The highest BCUT2D eigenvalue weighted by Gasteiger charge is 2.16. The van der Waals surface area contributed by atoms with Gasteiger partial charge in [0.25, 0.3) is 0 Å². The lowest BCUT2D eigenvalue weighted by atomic mass is 9.70. The van der Waals surface area contributed by atoms with E-state index in [1.54, 1.807) is 12.3 Å². The van der Waals surface area contributed by atoms with E-state index in [9.17, 15) is 4.79 Å². The Bertz CT molecular complexity index is 1100. The quantitative estimate of drug-likeness (QED) is 0.532. The first-order valence-electron chi connectivity index (χ1n) is 9.31. The van der Waals surface area contributed by atoms with Crippen molar-refractivity contribution in [3.63, 3.8) is 0 Å². The molecule has 4 rings (SSSR count). The fraction of sp³-hybridized carbons (Fsp3) is 0.263. The number of likely N-dealkylation sites (tertiary alicyclic amines) is 1. The molecule has 0 atom stereocenters. The molecule has 0 unspecified atom stereocenters. The number of nitrogens with one attached hydrogen (secondary N) is 1. The molecule has 8 radical (unpaired) electrons. The Labute approximate surface area is 174 Å². The molecule has 1 fully saturated rings. The SMILES string of the molecule is [B]c1nc([B])c(-c2ccc3cnc(NC(=O)CN4CCCC4)nc3c2)c([B])c1[B]. The maximum Gasteiger partial charge on any atom is 0.240 e. The smallest absolute Gasteiger partial charge is 0.240 e. The second kappa shape index (κ2) is 8.03. The molecule has 10 heteroatoms. The maximum absolute atomic E-state index is 12.3. The lowest BCUT2D eigenvalue weighted by Gasteiger charge is -2.16. The Morgan fingerprint density at radius 1 is 1.03 bits per heavy atom. The van der Waals surface area contributed by atoms with E-state index in [1.807, 2.05) is 12.1 Å². The zero-order valence-corrected chi connectivity index (χ0v) is 15.9. The minimum Gasteiger partial charge on any atom is -0.295 e. The summed E-state index contributed by atoms with van der Waals surface area (Å²) in [6.07, 6.45) is 3.90. The molecule has 6 nitrogen and oxygen atoms in total. The lowest BCUT2D eigenvalue weighted by molar-refractivity contribution is -0.117. The van der Waals surface area contributed by atoms with Gasteiger partial charge in [-0.05, 0) is 54.3 Å². The summed E-state index contributed by atoms with van der Waals surface area (Å²) in [6.45, 7) is 2.22. The number of anilines is 1. The highest BCUT2D eigenvalue weighted by atomic mass is 16.2. The van der Waals surface area contributed by atoms with Crippen molar-refractivity contribution in [3.8, 4) is 11.1 Å². The van der Waals surface area contributed by atoms with Gasteiger partial charge in [0.2, 0.25) is 11.9 Å². The van der Waals surface area contributed by atoms with E-state index in [-0.39, 0.29) is 34.0 Å². The van der Waals surface area contributed by atoms with Crippen LogP contribution in [0.5, 0.6) is 0 Å². The lowest BCUT2D eigenvalue weighted by Crippen LogP contribution is -2.47. The molecule has 0 bridgehead atoms. The van der Waals surface area contributed by atoms with Gasteiger partial charge < -0.3 is 0 Å². The summed E-state index contributed by atoms with van der Waals surface area (Å²) >= 11 is 0. The van der Waals surface area contributed by atoms with Gasteiger partial charge in [0, 0.05) is 11.6 Å². The fourth-order valence-electron chi connectivity index (χ4n) is 3.51. The van der Waals surface area contributed by atoms with Crippen LogP contribution < -0.4 is 27.4 Å². The number of pyridine rings is 1. The van der Waals surface area contributed by atoms with E-state index in [4.69, 9.17) is 31.4 Å². The number of rotatable bonds is 4. The molecule has 3 heterocycles. The molecular formula is C19H15B4N5O. The number of carbonyl (C=O) groups excluding carboxylic acids is 1. The van der Waals surface area contributed by atoms with Gasteiger partial charge in [-0.25, -0.2) is 9.97 Å². The summed E-state index contributed by atoms with van der Waals surface area (Å²) in [5.74, 6) is 0.112. The van der Waals surface area contributed by atoms with Crippen LogP contribution in [-0.2, 0) is 4.79 Å². The van der Waals surface area contributed by atoms with E-state index >= 15 is 0 Å². The number of hydrogen-bond acceptors (Lipinski definition) is 5. The van der Waals surface area contributed by atoms with Gasteiger partial charge in [-0.3, -0.25) is 20.0 Å². The molecule has 0 aliphatic carbocycles. The largest absolute Gasteiger partial charge is 0.295 e. The average molecular weight is 373 g/mol. The van der Waals surface area contributed by atoms with Crippen molar-refractivity contribution in [2.45, 2.75) is 12.8 Å². The fourth-order valence-corrected chi connectivity index (χ4v) is 3.51. The predicted octanol–water partition coefficient (Wildman–Crippen LogP) is -2.10. The monoisotopic (exact) mass is 373 g/mol. The summed E-state index contributed by atoms with van der Waals surface area (Å²) in [5.41, 5.74) is 2.55. The molecule has 1 N–H and O–H groups in total. The van der Waals surface area contributed by atoms with Crippen molar-refractivity contribution in [2.75, 3.05) is 25.0 Å². The Morgan fingerprint density at radius 2 is 1.79 bits per heavy atom. The third kappa shape index (κ3) is 4.08. The number of fused-ring (bicyclic) bond motifs is 1. The Kier molecular flexibility index (Phi) is 5.46. The predicted molar refractivity (Wildman–Crippen MR) is 119 cm³/mol. The molecular weight excluding hydrogens is 357 g/mol. The number of amides is 1. The van der Waals surface area contributed by atoms with E-state index in [2.05, 4.69) is 25.2 Å². The van der Waals surface area contributed by atoms with Gasteiger partial charge in [0.1, 0.15) is 31.4 Å². The van der Waals surface area contributed by atoms with E-state index in [0.717, 1.165) is 31.3 Å². The highest BCUT2D eigenvalue weighted by molar-refractivity contribution is 6.59. The minimum absolute atomic E-state index is 0.0925. The Hall–Kier alpha value is -2.60. The van der Waals surface area contributed by atoms with Gasteiger partial charge in [-0.2, -0.15) is 0 Å². The molecule has 2 aromatic heterocycles. The Morgan fingerprint density at radius 3 is 2.55 bits per heavy atom. The van der Waals surface area contributed by atoms with Crippen LogP contribution in [0.3, 0.4) is 0 Å². The standard InChI is InChI=1S/C19H15B4N5O/c20-15-14(17(22)27-18(23)16(15)21)10-3-4-11-8-24-19(25-12(11)7-10)26-13(29)9-28-5-1-2-6-28/h3-4,7-8H,1-2,5-6,9H2,(H,24,25,26,29). The van der Waals surface area contributed by atoms with Crippen molar-refractivity contribution in [1.29, 1.82) is 0 Å². The van der Waals surface area contributed by atoms with Crippen LogP contribution in [0.15, 0.2) is 24.4 Å². The number of hydrogen-bond donors (Lipinski definition) is 1. The molecule has 0 spiro atoms. The molecule has 1 saturated heterocycles. The second-order valence-electron chi connectivity index (χ2n) is 7.08. The summed E-state index contributed by atoms with van der Waals surface area (Å²) in [5, 5.41) is 3.56. The van der Waals surface area contributed by atoms with E-state index in [1.165, 1.54) is 0 Å². The molecule has 0 saturated carbocycles. The summed E-state index contributed by atoms with van der Waals surface area (Å²) < 4.78 is 0. The molecule has 1 aliphatic heterocycles. The van der Waals surface area contributed by atoms with Crippen LogP contribution in [0.4, 0.5) is 5.95 Å². The third-order valence-electron chi connectivity index (χ3n) is 5.02. The summed E-state index contributed by atoms with van der Waals surface area (Å²) in [7, 11) is 23.8. The van der Waals surface area contributed by atoms with Crippen LogP contribution in [0.2, 0.25) is 0 Å². The third-order valence-corrected chi connectivity index (χ3v) is 5.02. The first kappa shape index (κ1) is 19.7. The number of benzene rings is 1. The summed E-state index contributed by atoms with van der Waals surface area (Å²) in [6, 6.07) is 5.47. The van der Waals surface area contributed by atoms with Gasteiger partial charge in [0.05, 0.1) is 12.1 Å². The van der Waals surface area contributed by atoms with Crippen LogP contribution in [0.1, 0.15) is 12.8 Å². The van der Waals surface area contributed by atoms with Crippen molar-refractivity contribution in [1.82, 2.24) is 19.9 Å². The molecule has 1 aliphatic rings. The van der Waals surface area contributed by atoms with Gasteiger partial charge in [-0.15, -0.1) is 0 Å². The van der Waals surface area contributed by atoms with Crippen LogP contribution in [0, 0.1) is 0 Å². The second-order valence-corrected chi connectivity index (χ2v) is 7.08. The maximum atomic E-state index is 12.3. The normalized spacial score (nSPS) is 14.3. The molecule has 3 aromatic rings. The zero-order chi connectivity index (χ0) is 20.5. The van der Waals surface area contributed by atoms with E-state index < -0.39 is 0 Å². The number of carbonyl (C=O) groups is 1. The van der Waals surface area contributed by atoms with Crippen LogP contribution in [0.25, 0.3) is 22.0 Å². The first-order valence-corrected chi connectivity index (χ1v) is 9.31. The molecule has 1 amide bonds. The highest BCUT2D eigenvalue weighted by Crippen LogP contribution is 2.21. The Balaban J connectivity index is 1.64. The molecule has 1 aromatic carbocycles. The van der Waals surface area contributed by atoms with Gasteiger partial charge in [-0.1, -0.05) is 23.1 Å². The van der Waals surface area contributed by atoms with Crippen molar-refractivity contribution >= 4 is 76.3 Å². The zero-order valence-electron chi connectivity index (χ0n) is 15.9. The topological polar surface area (TPSA) is 71.0 Å². The summed E-state index contributed by atoms with van der Waals surface area (Å²) in [4.78, 5) is 27.1. The van der Waals surface area contributed by atoms with Gasteiger partial charge in [0.15, 0.2) is 0 Å². The van der Waals surface area contributed by atoms with Crippen LogP contribution >= 0.6 is 0 Å².